The van der Waals surface area contributed by atoms with E-state index in [4.69, 9.17) is 9.47 Å². The fourth-order valence-corrected chi connectivity index (χ4v) is 4.09. The first-order valence-corrected chi connectivity index (χ1v) is 9.62. The highest BCUT2D eigenvalue weighted by Crippen LogP contribution is 2.30. The minimum absolute atomic E-state index is 0.296. The number of amides is 1. The third-order valence-corrected chi connectivity index (χ3v) is 5.48. The molecule has 1 aromatic rings. The summed E-state index contributed by atoms with van der Waals surface area (Å²) in [5.41, 5.74) is 0.772. The molecule has 0 aromatic heterocycles. The Balaban J connectivity index is 2.17. The lowest BCUT2D eigenvalue weighted by atomic mass is 10.1. The first kappa shape index (κ1) is 18.5. The van der Waals surface area contributed by atoms with Crippen LogP contribution in [0.15, 0.2) is 18.2 Å². The zero-order valence-electron chi connectivity index (χ0n) is 14.4. The van der Waals surface area contributed by atoms with Crippen molar-refractivity contribution in [2.45, 2.75) is 31.8 Å². The SMILES string of the molecule is COc1ccc(OC)c(C(C)NC(=O)C2CCCN2S(C)(=O)=O)c1. The largest absolute Gasteiger partial charge is 0.497 e. The summed E-state index contributed by atoms with van der Waals surface area (Å²) < 4.78 is 35.4. The van der Waals surface area contributed by atoms with E-state index in [-0.39, 0.29) is 11.9 Å². The van der Waals surface area contributed by atoms with Gasteiger partial charge in [0.15, 0.2) is 0 Å². The van der Waals surface area contributed by atoms with Gasteiger partial charge < -0.3 is 14.8 Å². The van der Waals surface area contributed by atoms with Gasteiger partial charge in [0.2, 0.25) is 15.9 Å². The van der Waals surface area contributed by atoms with E-state index in [1.807, 2.05) is 6.92 Å². The molecular weight excluding hydrogens is 332 g/mol. The molecule has 0 bridgehead atoms. The Morgan fingerprint density at radius 1 is 1.33 bits per heavy atom. The van der Waals surface area contributed by atoms with E-state index >= 15 is 0 Å². The number of methoxy groups -OCH3 is 2. The Morgan fingerprint density at radius 2 is 2.04 bits per heavy atom. The van der Waals surface area contributed by atoms with Crippen molar-refractivity contribution in [1.29, 1.82) is 0 Å². The summed E-state index contributed by atoms with van der Waals surface area (Å²) in [4.78, 5) is 12.6. The standard InChI is InChI=1S/C16H24N2O5S/c1-11(13-10-12(22-2)7-8-15(13)23-3)17-16(19)14-6-5-9-18(14)24(4,20)21/h7-8,10-11,14H,5-6,9H2,1-4H3,(H,17,19). The van der Waals surface area contributed by atoms with Gasteiger partial charge in [-0.1, -0.05) is 0 Å². The smallest absolute Gasteiger partial charge is 0.238 e. The summed E-state index contributed by atoms with van der Waals surface area (Å²) in [6, 6.07) is 4.35. The second kappa shape index (κ2) is 7.40. The molecule has 7 nitrogen and oxygen atoms in total. The molecule has 2 unspecified atom stereocenters. The highest BCUT2D eigenvalue weighted by atomic mass is 32.2. The van der Waals surface area contributed by atoms with Crippen molar-refractivity contribution in [3.05, 3.63) is 23.8 Å². The lowest BCUT2D eigenvalue weighted by Gasteiger charge is -2.24. The van der Waals surface area contributed by atoms with E-state index in [1.54, 1.807) is 32.4 Å². The number of carbonyl (C=O) groups is 1. The quantitative estimate of drug-likeness (QED) is 0.831. The topological polar surface area (TPSA) is 84.9 Å². The summed E-state index contributed by atoms with van der Waals surface area (Å²) in [5.74, 6) is 0.996. The van der Waals surface area contributed by atoms with Crippen LogP contribution >= 0.6 is 0 Å². The predicted octanol–water partition coefficient (Wildman–Crippen LogP) is 1.30. The zero-order valence-corrected chi connectivity index (χ0v) is 15.2. The van der Waals surface area contributed by atoms with Crippen LogP contribution in [0.3, 0.4) is 0 Å². The van der Waals surface area contributed by atoms with Gasteiger partial charge in [0.25, 0.3) is 0 Å². The van der Waals surface area contributed by atoms with Gasteiger partial charge in [-0.2, -0.15) is 4.31 Å². The van der Waals surface area contributed by atoms with Gasteiger partial charge in [0.05, 0.1) is 26.5 Å². The van der Waals surface area contributed by atoms with Gasteiger partial charge in [0, 0.05) is 12.1 Å². The molecule has 0 radical (unpaired) electrons. The number of hydrogen-bond acceptors (Lipinski definition) is 5. The van der Waals surface area contributed by atoms with Crippen LogP contribution in [0.2, 0.25) is 0 Å². The normalized spacial score (nSPS) is 19.8. The van der Waals surface area contributed by atoms with E-state index in [0.717, 1.165) is 11.8 Å². The van der Waals surface area contributed by atoms with Crippen LogP contribution in [-0.4, -0.2) is 51.7 Å². The molecule has 2 rings (SSSR count). The van der Waals surface area contributed by atoms with Gasteiger partial charge in [0.1, 0.15) is 17.5 Å². The Bertz CT molecular complexity index is 704. The number of rotatable bonds is 6. The van der Waals surface area contributed by atoms with Gasteiger partial charge in [-0.25, -0.2) is 8.42 Å². The third kappa shape index (κ3) is 3.99. The molecule has 2 atom stereocenters. The van der Waals surface area contributed by atoms with Crippen molar-refractivity contribution in [1.82, 2.24) is 9.62 Å². The minimum atomic E-state index is -3.39. The lowest BCUT2D eigenvalue weighted by molar-refractivity contribution is -0.124. The monoisotopic (exact) mass is 356 g/mol. The number of carbonyl (C=O) groups excluding carboxylic acids is 1. The molecule has 134 valence electrons. The molecule has 1 saturated heterocycles. The summed E-state index contributed by atoms with van der Waals surface area (Å²) in [6.45, 7) is 2.21. The molecule has 1 heterocycles. The first-order chi connectivity index (χ1) is 11.3. The van der Waals surface area contributed by atoms with E-state index in [9.17, 15) is 13.2 Å². The molecule has 0 aliphatic carbocycles. The Morgan fingerprint density at radius 3 is 2.62 bits per heavy atom. The zero-order chi connectivity index (χ0) is 17.9. The van der Waals surface area contributed by atoms with Crippen LogP contribution in [-0.2, 0) is 14.8 Å². The van der Waals surface area contributed by atoms with Crippen molar-refractivity contribution in [2.24, 2.45) is 0 Å². The number of benzene rings is 1. The van der Waals surface area contributed by atoms with E-state index in [0.29, 0.717) is 30.9 Å². The molecule has 24 heavy (non-hydrogen) atoms. The van der Waals surface area contributed by atoms with Crippen LogP contribution in [0.4, 0.5) is 0 Å². The molecule has 1 amide bonds. The second-order valence-electron chi connectivity index (χ2n) is 5.87. The van der Waals surface area contributed by atoms with Crippen molar-refractivity contribution in [3.8, 4) is 11.5 Å². The summed E-state index contributed by atoms with van der Waals surface area (Å²) >= 11 is 0. The van der Waals surface area contributed by atoms with Crippen LogP contribution in [0.1, 0.15) is 31.4 Å². The predicted molar refractivity (Wildman–Crippen MR) is 90.7 cm³/mol. The first-order valence-electron chi connectivity index (χ1n) is 7.77. The minimum Gasteiger partial charge on any atom is -0.497 e. The van der Waals surface area contributed by atoms with Gasteiger partial charge in [-0.3, -0.25) is 4.79 Å². The average Bonchev–Trinajstić information content (AvgIpc) is 3.04. The number of nitrogens with one attached hydrogen (secondary N) is 1. The maximum Gasteiger partial charge on any atom is 0.238 e. The lowest BCUT2D eigenvalue weighted by Crippen LogP contribution is -2.46. The molecule has 1 aromatic carbocycles. The molecule has 0 spiro atoms. The maximum atomic E-state index is 12.6. The molecule has 1 aliphatic heterocycles. The summed E-state index contributed by atoms with van der Waals surface area (Å²) in [5, 5.41) is 2.89. The van der Waals surface area contributed by atoms with Crippen LogP contribution in [0.5, 0.6) is 11.5 Å². The van der Waals surface area contributed by atoms with Crippen LogP contribution < -0.4 is 14.8 Å². The molecule has 0 saturated carbocycles. The number of sulfonamides is 1. The van der Waals surface area contributed by atoms with Gasteiger partial charge in [-0.05, 0) is 38.0 Å². The number of hydrogen-bond donors (Lipinski definition) is 1. The van der Waals surface area contributed by atoms with Crippen molar-refractivity contribution >= 4 is 15.9 Å². The second-order valence-corrected chi connectivity index (χ2v) is 7.80. The van der Waals surface area contributed by atoms with Gasteiger partial charge in [-0.15, -0.1) is 0 Å². The summed E-state index contributed by atoms with van der Waals surface area (Å²) in [6.07, 6.45) is 2.34. The van der Waals surface area contributed by atoms with Crippen molar-refractivity contribution in [2.75, 3.05) is 27.0 Å². The number of nitrogens with zero attached hydrogens (tertiary/aromatic N) is 1. The Labute approximate surface area is 143 Å². The molecule has 8 heteroatoms. The fourth-order valence-electron chi connectivity index (χ4n) is 2.96. The van der Waals surface area contributed by atoms with E-state index in [2.05, 4.69) is 5.32 Å². The molecular formula is C16H24N2O5S. The van der Waals surface area contributed by atoms with Gasteiger partial charge >= 0.3 is 0 Å². The third-order valence-electron chi connectivity index (χ3n) is 4.19. The number of ether oxygens (including phenoxy) is 2. The fraction of sp³-hybridized carbons (Fsp3) is 0.562. The molecule has 1 N–H and O–H groups in total. The van der Waals surface area contributed by atoms with Crippen molar-refractivity contribution in [3.63, 3.8) is 0 Å². The molecule has 1 aliphatic rings. The highest BCUT2D eigenvalue weighted by molar-refractivity contribution is 7.88. The molecule has 1 fully saturated rings. The van der Waals surface area contributed by atoms with Crippen LogP contribution in [0.25, 0.3) is 0 Å². The Hall–Kier alpha value is -1.80. The maximum absolute atomic E-state index is 12.6. The van der Waals surface area contributed by atoms with Crippen LogP contribution in [0, 0.1) is 0 Å². The summed E-state index contributed by atoms with van der Waals surface area (Å²) in [7, 11) is -0.268. The highest BCUT2D eigenvalue weighted by Gasteiger charge is 2.37. The van der Waals surface area contributed by atoms with Crippen molar-refractivity contribution < 1.29 is 22.7 Å². The Kier molecular flexibility index (Phi) is 5.71. The average molecular weight is 356 g/mol. The van der Waals surface area contributed by atoms with E-state index < -0.39 is 16.1 Å². The van der Waals surface area contributed by atoms with E-state index in [1.165, 1.54) is 4.31 Å².